The molecule has 0 aliphatic carbocycles. The van der Waals surface area contributed by atoms with Crippen LogP contribution in [-0.2, 0) is 22.6 Å². The minimum absolute atomic E-state index is 0.0156. The summed E-state index contributed by atoms with van der Waals surface area (Å²) < 4.78 is 20.6. The van der Waals surface area contributed by atoms with Crippen LogP contribution in [0.5, 0.6) is 0 Å². The van der Waals surface area contributed by atoms with E-state index in [1.54, 1.807) is 30.2 Å². The van der Waals surface area contributed by atoms with Gasteiger partial charge in [0, 0.05) is 39.0 Å². The molecule has 2 aromatic rings. The smallest absolute Gasteiger partial charge is 0.219 e. The van der Waals surface area contributed by atoms with Crippen LogP contribution in [0.15, 0.2) is 36.7 Å². The van der Waals surface area contributed by atoms with Gasteiger partial charge in [-0.1, -0.05) is 12.1 Å². The number of hydrogen-bond acceptors (Lipinski definition) is 3. The summed E-state index contributed by atoms with van der Waals surface area (Å²) in [4.78, 5) is 18.1. The molecule has 0 radical (unpaired) electrons. The van der Waals surface area contributed by atoms with Crippen molar-refractivity contribution in [2.45, 2.75) is 39.0 Å². The molecule has 128 valence electrons. The molecule has 1 aliphatic rings. The van der Waals surface area contributed by atoms with Gasteiger partial charge in [0.05, 0.1) is 12.6 Å². The number of hydrogen-bond donors (Lipinski definition) is 0. The molecule has 0 bridgehead atoms. The highest BCUT2D eigenvalue weighted by Crippen LogP contribution is 2.15. The van der Waals surface area contributed by atoms with Crippen LogP contribution in [0, 0.1) is 5.82 Å². The summed E-state index contributed by atoms with van der Waals surface area (Å²) in [6.45, 7) is 3.99. The van der Waals surface area contributed by atoms with Crippen LogP contribution in [0.2, 0.25) is 0 Å². The van der Waals surface area contributed by atoms with Gasteiger partial charge in [-0.2, -0.15) is 0 Å². The minimum atomic E-state index is -0.246. The van der Waals surface area contributed by atoms with Crippen LogP contribution in [-0.4, -0.2) is 39.6 Å². The molecule has 0 saturated carbocycles. The molecule has 24 heavy (non-hydrogen) atoms. The Morgan fingerprint density at radius 3 is 2.88 bits per heavy atom. The number of rotatable bonds is 6. The van der Waals surface area contributed by atoms with Crippen molar-refractivity contribution in [2.24, 2.45) is 0 Å². The predicted octanol–water partition coefficient (Wildman–Crippen LogP) is 2.60. The number of aromatic nitrogens is 2. The highest BCUT2D eigenvalue weighted by Gasteiger charge is 2.22. The molecule has 1 saturated heterocycles. The van der Waals surface area contributed by atoms with Crippen LogP contribution in [0.25, 0.3) is 0 Å². The molecule has 1 amide bonds. The fraction of sp³-hybridized carbons (Fsp3) is 0.444. The highest BCUT2D eigenvalue weighted by molar-refractivity contribution is 5.73. The molecule has 0 N–H and O–H groups in total. The van der Waals surface area contributed by atoms with Gasteiger partial charge in [0.25, 0.3) is 0 Å². The molecule has 3 rings (SSSR count). The Kier molecular flexibility index (Phi) is 5.25. The van der Waals surface area contributed by atoms with E-state index in [2.05, 4.69) is 4.98 Å². The van der Waals surface area contributed by atoms with Gasteiger partial charge in [0.2, 0.25) is 5.91 Å². The molecule has 5 nitrogen and oxygen atoms in total. The van der Waals surface area contributed by atoms with Crippen molar-refractivity contribution in [1.29, 1.82) is 0 Å². The van der Waals surface area contributed by atoms with E-state index in [1.807, 2.05) is 10.8 Å². The van der Waals surface area contributed by atoms with Gasteiger partial charge in [-0.25, -0.2) is 9.37 Å². The van der Waals surface area contributed by atoms with Crippen LogP contribution in [0.1, 0.15) is 31.2 Å². The summed E-state index contributed by atoms with van der Waals surface area (Å²) >= 11 is 0. The van der Waals surface area contributed by atoms with Gasteiger partial charge in [0.1, 0.15) is 11.6 Å². The Morgan fingerprint density at radius 1 is 1.42 bits per heavy atom. The number of amides is 1. The molecular weight excluding hydrogens is 309 g/mol. The van der Waals surface area contributed by atoms with Crippen LogP contribution < -0.4 is 0 Å². The number of ether oxygens (including phenoxy) is 1. The van der Waals surface area contributed by atoms with E-state index < -0.39 is 0 Å². The maximum Gasteiger partial charge on any atom is 0.219 e. The highest BCUT2D eigenvalue weighted by atomic mass is 19.1. The lowest BCUT2D eigenvalue weighted by Crippen LogP contribution is -2.36. The number of carbonyl (C=O) groups excluding carboxylic acids is 1. The Hall–Kier alpha value is -2.21. The van der Waals surface area contributed by atoms with Crippen molar-refractivity contribution in [3.8, 4) is 0 Å². The van der Waals surface area contributed by atoms with Crippen LogP contribution >= 0.6 is 0 Å². The minimum Gasteiger partial charge on any atom is -0.376 e. The zero-order valence-electron chi connectivity index (χ0n) is 13.8. The molecule has 1 aliphatic heterocycles. The second-order valence-corrected chi connectivity index (χ2v) is 6.13. The molecule has 1 aromatic carbocycles. The first-order valence-electron chi connectivity index (χ1n) is 8.23. The second kappa shape index (κ2) is 7.57. The van der Waals surface area contributed by atoms with Crippen molar-refractivity contribution in [3.63, 3.8) is 0 Å². The number of nitrogens with zero attached hydrogens (tertiary/aromatic N) is 3. The summed E-state index contributed by atoms with van der Waals surface area (Å²) in [7, 11) is 0. The van der Waals surface area contributed by atoms with Crippen molar-refractivity contribution < 1.29 is 13.9 Å². The maximum atomic E-state index is 13.0. The van der Waals surface area contributed by atoms with Crippen molar-refractivity contribution >= 4 is 5.91 Å². The van der Waals surface area contributed by atoms with Gasteiger partial charge in [-0.05, 0) is 30.5 Å². The molecule has 2 heterocycles. The topological polar surface area (TPSA) is 47.4 Å². The van der Waals surface area contributed by atoms with E-state index in [-0.39, 0.29) is 17.8 Å². The number of imidazole rings is 1. The monoisotopic (exact) mass is 331 g/mol. The van der Waals surface area contributed by atoms with Gasteiger partial charge in [0.15, 0.2) is 0 Å². The quantitative estimate of drug-likeness (QED) is 0.817. The number of carbonyl (C=O) groups is 1. The Balaban J connectivity index is 1.68. The Bertz CT molecular complexity index is 678. The zero-order chi connectivity index (χ0) is 16.9. The third-order valence-corrected chi connectivity index (χ3v) is 4.29. The third kappa shape index (κ3) is 4.20. The van der Waals surface area contributed by atoms with E-state index in [0.717, 1.165) is 30.8 Å². The fourth-order valence-electron chi connectivity index (χ4n) is 2.93. The fourth-order valence-corrected chi connectivity index (χ4v) is 2.93. The van der Waals surface area contributed by atoms with E-state index in [4.69, 9.17) is 4.74 Å². The van der Waals surface area contributed by atoms with Gasteiger partial charge < -0.3 is 14.2 Å². The van der Waals surface area contributed by atoms with Gasteiger partial charge in [-0.15, -0.1) is 0 Å². The summed E-state index contributed by atoms with van der Waals surface area (Å²) in [6, 6.07) is 6.42. The normalized spacial score (nSPS) is 17.2. The maximum absolute atomic E-state index is 13.0. The van der Waals surface area contributed by atoms with Crippen LogP contribution in [0.4, 0.5) is 4.39 Å². The van der Waals surface area contributed by atoms with Crippen LogP contribution in [0.3, 0.4) is 0 Å². The average Bonchev–Trinajstić information content (AvgIpc) is 3.21. The summed E-state index contributed by atoms with van der Waals surface area (Å²) in [6.07, 6.45) is 5.77. The van der Waals surface area contributed by atoms with Crippen molar-refractivity contribution in [2.75, 3.05) is 13.2 Å². The molecular formula is C18H22FN3O2. The first-order chi connectivity index (χ1) is 11.6. The van der Waals surface area contributed by atoms with E-state index >= 15 is 0 Å². The van der Waals surface area contributed by atoms with Gasteiger partial charge in [-0.3, -0.25) is 4.79 Å². The molecule has 1 aromatic heterocycles. The largest absolute Gasteiger partial charge is 0.376 e. The lowest BCUT2D eigenvalue weighted by atomic mass is 10.2. The number of halogens is 1. The average molecular weight is 331 g/mol. The van der Waals surface area contributed by atoms with Gasteiger partial charge >= 0.3 is 0 Å². The SMILES string of the molecule is CC(=O)N(Cc1nccn1Cc1ccc(F)cc1)CC1CCCO1. The van der Waals surface area contributed by atoms with E-state index in [1.165, 1.54) is 12.1 Å². The van der Waals surface area contributed by atoms with E-state index in [9.17, 15) is 9.18 Å². The summed E-state index contributed by atoms with van der Waals surface area (Å²) in [5.74, 6) is 0.582. The first kappa shape index (κ1) is 16.6. The van der Waals surface area contributed by atoms with Crippen molar-refractivity contribution in [1.82, 2.24) is 14.5 Å². The first-order valence-corrected chi connectivity index (χ1v) is 8.23. The lowest BCUT2D eigenvalue weighted by molar-refractivity contribution is -0.131. The summed E-state index contributed by atoms with van der Waals surface area (Å²) in [5, 5.41) is 0. The summed E-state index contributed by atoms with van der Waals surface area (Å²) in [5.41, 5.74) is 0.990. The van der Waals surface area contributed by atoms with E-state index in [0.29, 0.717) is 19.6 Å². The molecule has 1 fully saturated rings. The molecule has 1 unspecified atom stereocenters. The molecule has 1 atom stereocenters. The molecule has 6 heteroatoms. The zero-order valence-corrected chi connectivity index (χ0v) is 13.8. The number of benzene rings is 1. The predicted molar refractivity (Wildman–Crippen MR) is 87.8 cm³/mol. The Labute approximate surface area is 141 Å². The Morgan fingerprint density at radius 2 is 2.21 bits per heavy atom. The molecule has 0 spiro atoms. The standard InChI is InChI=1S/C18H22FN3O2/c1-14(23)22(12-17-3-2-10-24-17)13-18-20-8-9-21(18)11-15-4-6-16(19)7-5-15/h4-9,17H,2-3,10-13H2,1H3. The van der Waals surface area contributed by atoms with Crippen molar-refractivity contribution in [3.05, 3.63) is 53.9 Å². The second-order valence-electron chi connectivity index (χ2n) is 6.13. The third-order valence-electron chi connectivity index (χ3n) is 4.29. The lowest BCUT2D eigenvalue weighted by Gasteiger charge is -2.24.